The number of hydrogen-bond donors (Lipinski definition) is 1. The first kappa shape index (κ1) is 18.0. The van der Waals surface area contributed by atoms with Crippen molar-refractivity contribution in [1.29, 1.82) is 0 Å². The van der Waals surface area contributed by atoms with E-state index in [0.717, 1.165) is 38.5 Å². The zero-order chi connectivity index (χ0) is 15.7. The van der Waals surface area contributed by atoms with Gasteiger partial charge in [0.15, 0.2) is 0 Å². The first-order valence-electron chi connectivity index (χ1n) is 8.03. The molecule has 0 radical (unpaired) electrons. The number of rotatable bonds is 10. The Morgan fingerprint density at radius 1 is 0.952 bits per heavy atom. The Morgan fingerprint density at radius 3 is 2.10 bits per heavy atom. The van der Waals surface area contributed by atoms with Gasteiger partial charge >= 0.3 is 0 Å². The molecule has 0 fully saturated rings. The lowest BCUT2D eigenvalue weighted by atomic mass is 9.94. The minimum absolute atomic E-state index is 0.485. The van der Waals surface area contributed by atoms with Crippen LogP contribution < -0.4 is 10.1 Å². The highest BCUT2D eigenvalue weighted by Crippen LogP contribution is 2.34. The van der Waals surface area contributed by atoms with E-state index in [9.17, 15) is 0 Å². The zero-order valence-electron chi connectivity index (χ0n) is 14.2. The van der Waals surface area contributed by atoms with Crippen molar-refractivity contribution < 1.29 is 9.47 Å². The number of hydrogen-bond acceptors (Lipinski definition) is 3. The quantitative estimate of drug-likeness (QED) is 0.663. The largest absolute Gasteiger partial charge is 0.493 e. The molecular formula is C18H31NO2. The molecule has 1 N–H and O–H groups in total. The summed E-state index contributed by atoms with van der Waals surface area (Å²) in [6, 6.07) is 6.51. The van der Waals surface area contributed by atoms with Gasteiger partial charge in [-0.05, 0) is 35.9 Å². The van der Waals surface area contributed by atoms with Crippen molar-refractivity contribution >= 4 is 0 Å². The van der Waals surface area contributed by atoms with Crippen LogP contribution >= 0.6 is 0 Å². The van der Waals surface area contributed by atoms with Crippen LogP contribution in [0.4, 0.5) is 0 Å². The molecule has 0 aliphatic carbocycles. The monoisotopic (exact) mass is 293 g/mol. The highest BCUT2D eigenvalue weighted by Gasteiger charge is 2.14. The molecule has 0 amide bonds. The smallest absolute Gasteiger partial charge is 0.126 e. The molecule has 0 unspecified atom stereocenters. The minimum Gasteiger partial charge on any atom is -0.493 e. The minimum atomic E-state index is 0.485. The lowest BCUT2D eigenvalue weighted by Gasteiger charge is -2.20. The summed E-state index contributed by atoms with van der Waals surface area (Å²) in [5.74, 6) is 2.07. The maximum atomic E-state index is 6.13. The normalized spacial score (nSPS) is 11.4. The van der Waals surface area contributed by atoms with E-state index in [1.54, 1.807) is 7.11 Å². The van der Waals surface area contributed by atoms with Crippen LogP contribution in [-0.2, 0) is 4.74 Å². The maximum Gasteiger partial charge on any atom is 0.126 e. The maximum absolute atomic E-state index is 6.13. The van der Waals surface area contributed by atoms with E-state index in [0.29, 0.717) is 11.8 Å². The number of benzene rings is 1. The fourth-order valence-corrected chi connectivity index (χ4v) is 2.32. The third-order valence-electron chi connectivity index (χ3n) is 3.55. The first-order valence-corrected chi connectivity index (χ1v) is 8.03. The molecule has 3 nitrogen and oxygen atoms in total. The molecular weight excluding hydrogens is 262 g/mol. The number of ether oxygens (including phenoxy) is 2. The van der Waals surface area contributed by atoms with Crippen LogP contribution in [0.15, 0.2) is 18.2 Å². The molecule has 0 saturated heterocycles. The van der Waals surface area contributed by atoms with Crippen LogP contribution in [0.3, 0.4) is 0 Å². The predicted molar refractivity (Wildman–Crippen MR) is 89.5 cm³/mol. The van der Waals surface area contributed by atoms with Gasteiger partial charge in [0, 0.05) is 13.7 Å². The molecule has 0 aliphatic heterocycles. The van der Waals surface area contributed by atoms with E-state index in [1.807, 2.05) is 0 Å². The van der Waals surface area contributed by atoms with Crippen LogP contribution in [0, 0.1) is 0 Å². The second-order valence-electron chi connectivity index (χ2n) is 6.02. The van der Waals surface area contributed by atoms with E-state index >= 15 is 0 Å². The van der Waals surface area contributed by atoms with Crippen LogP contribution in [0.5, 0.6) is 5.75 Å². The van der Waals surface area contributed by atoms with Crippen molar-refractivity contribution in [2.45, 2.75) is 46.0 Å². The van der Waals surface area contributed by atoms with Gasteiger partial charge in [-0.25, -0.2) is 0 Å². The van der Waals surface area contributed by atoms with Crippen LogP contribution in [0.2, 0.25) is 0 Å². The summed E-state index contributed by atoms with van der Waals surface area (Å²) in [5.41, 5.74) is 2.63. The summed E-state index contributed by atoms with van der Waals surface area (Å²) in [6.45, 7) is 12.3. The van der Waals surface area contributed by atoms with Crippen molar-refractivity contribution in [3.05, 3.63) is 29.3 Å². The second kappa shape index (κ2) is 9.80. The lowest BCUT2D eigenvalue weighted by Crippen LogP contribution is -2.21. The van der Waals surface area contributed by atoms with Crippen molar-refractivity contribution in [1.82, 2.24) is 5.32 Å². The molecule has 0 bridgehead atoms. The standard InChI is InChI=1S/C18H31NO2/c1-14(2)16-8-6-9-17(15(3)4)18(16)21-12-7-10-19-11-13-20-5/h6,8-9,14-15,19H,7,10-13H2,1-5H3. The summed E-state index contributed by atoms with van der Waals surface area (Å²) in [5, 5.41) is 3.34. The molecule has 0 spiro atoms. The van der Waals surface area contributed by atoms with E-state index in [2.05, 4.69) is 51.2 Å². The average molecular weight is 293 g/mol. The predicted octanol–water partition coefficient (Wildman–Crippen LogP) is 3.94. The van der Waals surface area contributed by atoms with Gasteiger partial charge in [-0.2, -0.15) is 0 Å². The van der Waals surface area contributed by atoms with Gasteiger partial charge in [-0.15, -0.1) is 0 Å². The Hall–Kier alpha value is -1.06. The Balaban J connectivity index is 2.56. The Bertz CT molecular complexity index is 376. The third kappa shape index (κ3) is 6.06. The van der Waals surface area contributed by atoms with Crippen LogP contribution in [0.25, 0.3) is 0 Å². The average Bonchev–Trinajstić information content (AvgIpc) is 2.45. The van der Waals surface area contributed by atoms with Gasteiger partial charge in [0.25, 0.3) is 0 Å². The molecule has 1 aromatic carbocycles. The van der Waals surface area contributed by atoms with Gasteiger partial charge in [0.2, 0.25) is 0 Å². The molecule has 0 saturated carbocycles. The molecule has 0 aromatic heterocycles. The summed E-state index contributed by atoms with van der Waals surface area (Å²) < 4.78 is 11.1. The van der Waals surface area contributed by atoms with Gasteiger partial charge in [0.05, 0.1) is 13.2 Å². The molecule has 0 aliphatic rings. The molecule has 120 valence electrons. The van der Waals surface area contributed by atoms with E-state index in [-0.39, 0.29) is 0 Å². The number of nitrogens with one attached hydrogen (secondary N) is 1. The highest BCUT2D eigenvalue weighted by molar-refractivity contribution is 5.44. The highest BCUT2D eigenvalue weighted by atomic mass is 16.5. The Kier molecular flexibility index (Phi) is 8.40. The SMILES string of the molecule is COCCNCCCOc1c(C(C)C)cccc1C(C)C. The fourth-order valence-electron chi connectivity index (χ4n) is 2.32. The van der Waals surface area contributed by atoms with Crippen LogP contribution in [-0.4, -0.2) is 33.4 Å². The topological polar surface area (TPSA) is 30.5 Å². The molecule has 1 rings (SSSR count). The van der Waals surface area contributed by atoms with Crippen molar-refractivity contribution in [2.24, 2.45) is 0 Å². The van der Waals surface area contributed by atoms with E-state index < -0.39 is 0 Å². The van der Waals surface area contributed by atoms with Gasteiger partial charge in [0.1, 0.15) is 5.75 Å². The van der Waals surface area contributed by atoms with E-state index in [1.165, 1.54) is 11.1 Å². The fraction of sp³-hybridized carbons (Fsp3) is 0.667. The molecule has 3 heteroatoms. The summed E-state index contributed by atoms with van der Waals surface area (Å²) in [4.78, 5) is 0. The lowest BCUT2D eigenvalue weighted by molar-refractivity contribution is 0.198. The first-order chi connectivity index (χ1) is 10.1. The van der Waals surface area contributed by atoms with E-state index in [4.69, 9.17) is 9.47 Å². The summed E-state index contributed by atoms with van der Waals surface area (Å²) in [6.07, 6.45) is 1.01. The number of para-hydroxylation sites is 1. The summed E-state index contributed by atoms with van der Waals surface area (Å²) >= 11 is 0. The molecule has 0 heterocycles. The molecule has 21 heavy (non-hydrogen) atoms. The van der Waals surface area contributed by atoms with Gasteiger partial charge in [-0.1, -0.05) is 45.9 Å². The zero-order valence-corrected chi connectivity index (χ0v) is 14.2. The van der Waals surface area contributed by atoms with Crippen molar-refractivity contribution in [2.75, 3.05) is 33.4 Å². The van der Waals surface area contributed by atoms with Gasteiger partial charge in [-0.3, -0.25) is 0 Å². The molecule has 0 atom stereocenters. The molecule has 1 aromatic rings. The summed E-state index contributed by atoms with van der Waals surface area (Å²) in [7, 11) is 1.72. The van der Waals surface area contributed by atoms with Gasteiger partial charge < -0.3 is 14.8 Å². The Labute approximate surface area is 130 Å². The van der Waals surface area contributed by atoms with Crippen molar-refractivity contribution in [3.8, 4) is 5.75 Å². The second-order valence-corrected chi connectivity index (χ2v) is 6.02. The number of methoxy groups -OCH3 is 1. The van der Waals surface area contributed by atoms with Crippen molar-refractivity contribution in [3.63, 3.8) is 0 Å². The Morgan fingerprint density at radius 2 is 1.57 bits per heavy atom. The third-order valence-corrected chi connectivity index (χ3v) is 3.55. The van der Waals surface area contributed by atoms with Crippen LogP contribution in [0.1, 0.15) is 57.1 Å².